The van der Waals surface area contributed by atoms with E-state index in [-0.39, 0.29) is 5.41 Å². The first-order valence-corrected chi connectivity index (χ1v) is 8.57. The molecule has 4 nitrogen and oxygen atoms in total. The maximum absolute atomic E-state index is 5.94. The van der Waals surface area contributed by atoms with Gasteiger partial charge in [0.15, 0.2) is 0 Å². The molecular formula is C19H28N4. The molecule has 1 aromatic heterocycles. The fraction of sp³-hybridized carbons (Fsp3) is 0.526. The van der Waals surface area contributed by atoms with Crippen LogP contribution in [0.15, 0.2) is 36.5 Å². The second-order valence-corrected chi connectivity index (χ2v) is 7.45. The zero-order valence-corrected chi connectivity index (χ0v) is 14.5. The molecule has 2 N–H and O–H groups in total. The summed E-state index contributed by atoms with van der Waals surface area (Å²) in [5, 5.41) is 4.84. The number of aromatic nitrogens is 2. The Morgan fingerprint density at radius 2 is 2.00 bits per heavy atom. The van der Waals surface area contributed by atoms with Crippen LogP contribution in [-0.2, 0) is 6.54 Å². The summed E-state index contributed by atoms with van der Waals surface area (Å²) < 4.78 is 2.02. The van der Waals surface area contributed by atoms with Gasteiger partial charge in [0.2, 0.25) is 0 Å². The van der Waals surface area contributed by atoms with Crippen molar-refractivity contribution in [2.45, 2.75) is 39.7 Å². The summed E-state index contributed by atoms with van der Waals surface area (Å²) in [5.41, 5.74) is 9.87. The van der Waals surface area contributed by atoms with Crippen LogP contribution in [0.25, 0.3) is 5.69 Å². The smallest absolute Gasteiger partial charge is 0.0699 e. The zero-order valence-electron chi connectivity index (χ0n) is 14.5. The zero-order chi connectivity index (χ0) is 16.4. The van der Waals surface area contributed by atoms with Gasteiger partial charge in [-0.05, 0) is 43.0 Å². The maximum atomic E-state index is 5.94. The van der Waals surface area contributed by atoms with Crippen molar-refractivity contribution >= 4 is 0 Å². The number of benzene rings is 1. The normalized spacial score (nSPS) is 22.1. The van der Waals surface area contributed by atoms with Crippen molar-refractivity contribution in [3.63, 3.8) is 0 Å². The molecule has 1 aromatic carbocycles. The van der Waals surface area contributed by atoms with Crippen molar-refractivity contribution in [2.24, 2.45) is 11.1 Å². The van der Waals surface area contributed by atoms with Crippen LogP contribution in [0.3, 0.4) is 0 Å². The van der Waals surface area contributed by atoms with E-state index in [1.165, 1.54) is 17.7 Å². The molecule has 124 valence electrons. The fourth-order valence-corrected chi connectivity index (χ4v) is 3.41. The molecule has 1 aliphatic heterocycles. The van der Waals surface area contributed by atoms with E-state index in [1.807, 2.05) is 10.7 Å². The van der Waals surface area contributed by atoms with Crippen molar-refractivity contribution in [2.75, 3.05) is 19.6 Å². The minimum atomic E-state index is 0.271. The van der Waals surface area contributed by atoms with Crippen molar-refractivity contribution in [1.82, 2.24) is 14.7 Å². The Morgan fingerprint density at radius 1 is 1.26 bits per heavy atom. The number of hydrogen-bond acceptors (Lipinski definition) is 3. The molecule has 1 atom stereocenters. The monoisotopic (exact) mass is 312 g/mol. The highest BCUT2D eigenvalue weighted by atomic mass is 15.3. The van der Waals surface area contributed by atoms with Crippen molar-refractivity contribution in [3.8, 4) is 5.69 Å². The first-order valence-electron chi connectivity index (χ1n) is 8.57. The van der Waals surface area contributed by atoms with E-state index in [9.17, 15) is 0 Å². The van der Waals surface area contributed by atoms with Crippen LogP contribution in [0, 0.1) is 5.41 Å². The molecule has 1 saturated heterocycles. The minimum Gasteiger partial charge on any atom is -0.330 e. The number of hydrogen-bond donors (Lipinski definition) is 1. The van der Waals surface area contributed by atoms with Crippen LogP contribution in [0.1, 0.15) is 44.4 Å². The number of likely N-dealkylation sites (tertiary alicyclic amines) is 1. The topological polar surface area (TPSA) is 47.1 Å². The molecule has 4 heteroatoms. The number of nitrogens with zero attached hydrogens (tertiary/aromatic N) is 3. The third-order valence-electron chi connectivity index (χ3n) is 4.91. The second kappa shape index (κ2) is 6.46. The van der Waals surface area contributed by atoms with Gasteiger partial charge < -0.3 is 5.73 Å². The van der Waals surface area contributed by atoms with Crippen LogP contribution in [-0.4, -0.2) is 34.3 Å². The molecule has 0 radical (unpaired) electrons. The number of rotatable bonds is 5. The average Bonchev–Trinajstić information content (AvgIpc) is 3.13. The largest absolute Gasteiger partial charge is 0.330 e. The molecule has 2 aromatic rings. The molecule has 0 aliphatic carbocycles. The molecular weight excluding hydrogens is 284 g/mol. The quantitative estimate of drug-likeness (QED) is 0.922. The maximum Gasteiger partial charge on any atom is 0.0699 e. The Balaban J connectivity index is 1.83. The van der Waals surface area contributed by atoms with Crippen molar-refractivity contribution in [1.29, 1.82) is 0 Å². The molecule has 23 heavy (non-hydrogen) atoms. The highest BCUT2D eigenvalue weighted by Crippen LogP contribution is 2.30. The second-order valence-electron chi connectivity index (χ2n) is 7.45. The molecule has 2 heterocycles. The van der Waals surface area contributed by atoms with Crippen LogP contribution < -0.4 is 5.73 Å². The minimum absolute atomic E-state index is 0.271. The summed E-state index contributed by atoms with van der Waals surface area (Å²) >= 11 is 0. The summed E-state index contributed by atoms with van der Waals surface area (Å²) in [5.74, 6) is 0.429. The lowest BCUT2D eigenvalue weighted by Crippen LogP contribution is -2.31. The SMILES string of the molecule is CC(C)c1nn(-c2ccccc2)cc1CN1CCC(C)(CN)C1. The standard InChI is InChI=1S/C19H28N4/c1-15(2)18-16(11-22-10-9-19(3,13-20)14-22)12-23(21-18)17-7-5-4-6-8-17/h4-8,12,15H,9-11,13-14,20H2,1-3H3. The predicted molar refractivity (Wildman–Crippen MR) is 94.7 cm³/mol. The van der Waals surface area contributed by atoms with E-state index >= 15 is 0 Å². The van der Waals surface area contributed by atoms with Gasteiger partial charge in [0.25, 0.3) is 0 Å². The van der Waals surface area contributed by atoms with Gasteiger partial charge in [0.05, 0.1) is 11.4 Å². The number of para-hydroxylation sites is 1. The Bertz CT molecular complexity index is 647. The highest BCUT2D eigenvalue weighted by Gasteiger charge is 2.32. The molecule has 1 fully saturated rings. The number of nitrogens with two attached hydrogens (primary N) is 1. The lowest BCUT2D eigenvalue weighted by molar-refractivity contribution is 0.273. The van der Waals surface area contributed by atoms with E-state index in [0.29, 0.717) is 5.92 Å². The molecule has 0 saturated carbocycles. The van der Waals surface area contributed by atoms with Gasteiger partial charge in [-0.2, -0.15) is 5.10 Å². The first-order chi connectivity index (χ1) is 11.0. The first kappa shape index (κ1) is 16.2. The Morgan fingerprint density at radius 3 is 2.61 bits per heavy atom. The summed E-state index contributed by atoms with van der Waals surface area (Å²) in [6.45, 7) is 10.7. The van der Waals surface area contributed by atoms with Crippen LogP contribution in [0.5, 0.6) is 0 Å². The molecule has 0 spiro atoms. The third kappa shape index (κ3) is 3.48. The van der Waals surface area contributed by atoms with Gasteiger partial charge in [-0.3, -0.25) is 4.90 Å². The highest BCUT2D eigenvalue weighted by molar-refractivity contribution is 5.33. The van der Waals surface area contributed by atoms with Gasteiger partial charge in [0, 0.05) is 24.8 Å². The summed E-state index contributed by atoms with van der Waals surface area (Å²) in [4.78, 5) is 2.52. The molecule has 0 amide bonds. The van der Waals surface area contributed by atoms with E-state index in [2.05, 4.69) is 56.1 Å². The van der Waals surface area contributed by atoms with E-state index in [0.717, 1.165) is 31.9 Å². The summed E-state index contributed by atoms with van der Waals surface area (Å²) in [7, 11) is 0. The fourth-order valence-electron chi connectivity index (χ4n) is 3.41. The van der Waals surface area contributed by atoms with E-state index < -0.39 is 0 Å². The van der Waals surface area contributed by atoms with Crippen molar-refractivity contribution in [3.05, 3.63) is 47.8 Å². The lowest BCUT2D eigenvalue weighted by atomic mass is 9.90. The molecule has 0 bridgehead atoms. The predicted octanol–water partition coefficient (Wildman–Crippen LogP) is 3.17. The Kier molecular flexibility index (Phi) is 4.55. The summed E-state index contributed by atoms with van der Waals surface area (Å²) in [6, 6.07) is 10.3. The molecule has 1 unspecified atom stereocenters. The van der Waals surface area contributed by atoms with Gasteiger partial charge in [-0.1, -0.05) is 39.0 Å². The van der Waals surface area contributed by atoms with Crippen LogP contribution in [0.2, 0.25) is 0 Å². The average molecular weight is 312 g/mol. The Hall–Kier alpha value is -1.65. The van der Waals surface area contributed by atoms with Gasteiger partial charge >= 0.3 is 0 Å². The van der Waals surface area contributed by atoms with Gasteiger partial charge in [0.1, 0.15) is 0 Å². The third-order valence-corrected chi connectivity index (χ3v) is 4.91. The lowest BCUT2D eigenvalue weighted by Gasteiger charge is -2.22. The van der Waals surface area contributed by atoms with E-state index in [4.69, 9.17) is 10.8 Å². The van der Waals surface area contributed by atoms with E-state index in [1.54, 1.807) is 0 Å². The van der Waals surface area contributed by atoms with Crippen molar-refractivity contribution < 1.29 is 0 Å². The van der Waals surface area contributed by atoms with Crippen LogP contribution in [0.4, 0.5) is 0 Å². The Labute approximate surface area is 139 Å². The van der Waals surface area contributed by atoms with Crippen LogP contribution >= 0.6 is 0 Å². The van der Waals surface area contributed by atoms with Gasteiger partial charge in [-0.25, -0.2) is 4.68 Å². The summed E-state index contributed by atoms with van der Waals surface area (Å²) in [6.07, 6.45) is 3.39. The molecule has 3 rings (SSSR count). The molecule has 1 aliphatic rings. The van der Waals surface area contributed by atoms with Gasteiger partial charge in [-0.15, -0.1) is 0 Å².